The highest BCUT2D eigenvalue weighted by atomic mass is 127. The summed E-state index contributed by atoms with van der Waals surface area (Å²) >= 11 is 3.11. The topological polar surface area (TPSA) is 106 Å². The van der Waals surface area contributed by atoms with Crippen LogP contribution >= 0.6 is 56.6 Å². The molecule has 0 spiro atoms. The Bertz CT molecular complexity index is 1060. The van der Waals surface area contributed by atoms with Gasteiger partial charge in [-0.1, -0.05) is 129 Å². The monoisotopic (exact) mass is 849 g/mol. The van der Waals surface area contributed by atoms with Crippen molar-refractivity contribution in [3.05, 3.63) is 72.9 Å². The Balaban J connectivity index is 3.79. The van der Waals surface area contributed by atoms with E-state index in [-0.39, 0.29) is 30.7 Å². The van der Waals surface area contributed by atoms with Crippen LogP contribution in [0.25, 0.3) is 0 Å². The second kappa shape index (κ2) is 33.7. The molecule has 0 aromatic rings. The zero-order valence-electron chi connectivity index (χ0n) is 30.1. The van der Waals surface area contributed by atoms with E-state index in [9.17, 15) is 14.4 Å². The number of carbonyl (C=O) groups excluding carboxylic acids is 3. The third-order valence-corrected chi connectivity index (χ3v) is 9.93. The predicted octanol–water partition coefficient (Wildman–Crippen LogP) is 9.03. The van der Waals surface area contributed by atoms with Crippen LogP contribution in [0.2, 0.25) is 0 Å². The Morgan fingerprint density at radius 2 is 1.16 bits per heavy atom. The molecular weight excluding hydrogens is 790 g/mol. The number of hydrogen-bond donors (Lipinski definition) is 3. The maximum Gasteiger partial charge on any atom is 0.250 e. The quantitative estimate of drug-likeness (QED) is 0.0216. The highest BCUT2D eigenvalue weighted by Gasteiger charge is 2.36. The van der Waals surface area contributed by atoms with Gasteiger partial charge in [-0.05, 0) is 50.6 Å². The van der Waals surface area contributed by atoms with Crippen LogP contribution in [-0.2, 0) is 21.6 Å². The molecule has 0 radical (unpaired) electrons. The van der Waals surface area contributed by atoms with E-state index in [1.165, 1.54) is 12.0 Å². The summed E-state index contributed by atoms with van der Waals surface area (Å²) in [6.07, 6.45) is 31.4. The zero-order valence-corrected chi connectivity index (χ0v) is 34.7. The standard InChI is InChI=1S/C37H60IN3O5S3/c1-6-7-8-9-10-11-12-13-14-15-16-17-18-19-20-21-22-23-24-33(42)39-27-29-47-48-30-28-40-34(43)25-26-41-36(44)35(46-38)37(4,5)31-45-49-32(2)3/h7-8,10-11,13-14,16-17,19-20,22-23,32,35H,6,9,12,15,18,21,24-31H2,1-5H3,(H,39,42)(H,40,43)(H,41,44)/b8-7-,11-10-,14-13-,17-16-,20-19-,23-22-/t35-/m0/s1. The van der Waals surface area contributed by atoms with Crippen molar-refractivity contribution in [1.29, 1.82) is 0 Å². The third-order valence-electron chi connectivity index (χ3n) is 6.38. The molecule has 0 aliphatic carbocycles. The van der Waals surface area contributed by atoms with Gasteiger partial charge in [0.15, 0.2) is 6.10 Å². The van der Waals surface area contributed by atoms with Crippen molar-refractivity contribution in [2.24, 2.45) is 5.41 Å². The first-order valence-electron chi connectivity index (χ1n) is 17.1. The molecule has 0 aromatic carbocycles. The fraction of sp³-hybridized carbons (Fsp3) is 0.595. The fourth-order valence-corrected chi connectivity index (χ4v) is 7.14. The normalized spacial score (nSPS) is 13.3. The van der Waals surface area contributed by atoms with Crippen molar-refractivity contribution in [1.82, 2.24) is 16.0 Å². The minimum atomic E-state index is -0.696. The smallest absolute Gasteiger partial charge is 0.250 e. The van der Waals surface area contributed by atoms with E-state index >= 15 is 0 Å². The van der Waals surface area contributed by atoms with Gasteiger partial charge in [0, 0.05) is 54.6 Å². The lowest BCUT2D eigenvalue weighted by Crippen LogP contribution is -2.46. The molecule has 0 heterocycles. The number of amides is 3. The van der Waals surface area contributed by atoms with Crippen molar-refractivity contribution in [3.8, 4) is 0 Å². The molecular formula is C37H60IN3O5S3. The lowest BCUT2D eigenvalue weighted by molar-refractivity contribution is -0.132. The Hall–Kier alpha value is -1.45. The first-order chi connectivity index (χ1) is 23.6. The molecule has 3 amide bonds. The number of carbonyl (C=O) groups is 3. The summed E-state index contributed by atoms with van der Waals surface area (Å²) in [6.45, 7) is 11.8. The Kier molecular flexibility index (Phi) is 32.7. The van der Waals surface area contributed by atoms with Gasteiger partial charge in [-0.15, -0.1) is 0 Å². The van der Waals surface area contributed by atoms with Gasteiger partial charge >= 0.3 is 0 Å². The lowest BCUT2D eigenvalue weighted by Gasteiger charge is -2.30. The van der Waals surface area contributed by atoms with E-state index in [0.717, 1.165) is 50.0 Å². The maximum absolute atomic E-state index is 12.6. The molecule has 0 aliphatic rings. The van der Waals surface area contributed by atoms with E-state index < -0.39 is 11.5 Å². The van der Waals surface area contributed by atoms with Gasteiger partial charge in [0.1, 0.15) is 23.0 Å². The molecule has 278 valence electrons. The summed E-state index contributed by atoms with van der Waals surface area (Å²) in [4.78, 5) is 36.8. The van der Waals surface area contributed by atoms with Crippen molar-refractivity contribution >= 4 is 74.4 Å². The van der Waals surface area contributed by atoms with Crippen molar-refractivity contribution in [3.63, 3.8) is 0 Å². The van der Waals surface area contributed by atoms with Gasteiger partial charge in [0.05, 0.1) is 6.61 Å². The molecule has 1 atom stereocenters. The summed E-state index contributed by atoms with van der Waals surface area (Å²) in [5, 5.41) is 8.93. The minimum Gasteiger partial charge on any atom is -0.355 e. The molecule has 0 aromatic heterocycles. The van der Waals surface area contributed by atoms with Gasteiger partial charge in [0.2, 0.25) is 11.8 Å². The second-order valence-electron chi connectivity index (χ2n) is 11.9. The van der Waals surface area contributed by atoms with Gasteiger partial charge in [-0.25, -0.2) is 0 Å². The van der Waals surface area contributed by atoms with Gasteiger partial charge < -0.3 is 23.2 Å². The van der Waals surface area contributed by atoms with Gasteiger partial charge in [-0.3, -0.25) is 14.4 Å². The SMILES string of the molecule is CC/C=C\C/C=C\C/C=C\C/C=C\C/C=C\C/C=C\CC(=O)NCCSSCCNC(=O)CCNC(=O)[C@H](OI)C(C)(C)COSC(C)C. The average molecular weight is 850 g/mol. The zero-order chi connectivity index (χ0) is 36.4. The fourth-order valence-electron chi connectivity index (χ4n) is 3.76. The molecule has 0 unspecified atom stereocenters. The Morgan fingerprint density at radius 1 is 0.694 bits per heavy atom. The van der Waals surface area contributed by atoms with Crippen LogP contribution < -0.4 is 16.0 Å². The van der Waals surface area contributed by atoms with Crippen LogP contribution in [-0.4, -0.2) is 66.8 Å². The van der Waals surface area contributed by atoms with Crippen LogP contribution in [0.3, 0.4) is 0 Å². The maximum atomic E-state index is 12.6. The largest absolute Gasteiger partial charge is 0.355 e. The van der Waals surface area contributed by atoms with Crippen molar-refractivity contribution < 1.29 is 21.6 Å². The molecule has 12 heteroatoms. The van der Waals surface area contributed by atoms with Gasteiger partial charge in [-0.2, -0.15) is 0 Å². The summed E-state index contributed by atoms with van der Waals surface area (Å²) in [5.74, 6) is 1.18. The van der Waals surface area contributed by atoms with Crippen molar-refractivity contribution in [2.75, 3.05) is 37.7 Å². The molecule has 0 bridgehead atoms. The molecule has 3 N–H and O–H groups in total. The van der Waals surface area contributed by atoms with Crippen LogP contribution in [0.4, 0.5) is 0 Å². The first-order valence-corrected chi connectivity index (χ1v) is 21.3. The van der Waals surface area contributed by atoms with Crippen molar-refractivity contribution in [2.45, 2.75) is 97.3 Å². The number of nitrogens with one attached hydrogen (secondary N) is 3. The lowest BCUT2D eigenvalue weighted by atomic mass is 9.87. The van der Waals surface area contributed by atoms with Crippen LogP contribution in [0, 0.1) is 5.41 Å². The number of hydrogen-bond acceptors (Lipinski definition) is 8. The Labute approximate surface area is 323 Å². The summed E-state index contributed by atoms with van der Waals surface area (Å²) in [5.41, 5.74) is -0.526. The van der Waals surface area contributed by atoms with E-state index in [1.54, 1.807) is 44.6 Å². The van der Waals surface area contributed by atoms with E-state index in [1.807, 2.05) is 39.8 Å². The molecule has 49 heavy (non-hydrogen) atoms. The van der Waals surface area contributed by atoms with E-state index in [2.05, 4.69) is 83.6 Å². The highest BCUT2D eigenvalue weighted by molar-refractivity contribution is 14.1. The molecule has 0 aliphatic heterocycles. The molecule has 0 saturated heterocycles. The van der Waals surface area contributed by atoms with Crippen LogP contribution in [0.1, 0.15) is 86.0 Å². The van der Waals surface area contributed by atoms with Crippen LogP contribution in [0.5, 0.6) is 0 Å². The summed E-state index contributed by atoms with van der Waals surface area (Å²) < 4.78 is 11.1. The summed E-state index contributed by atoms with van der Waals surface area (Å²) in [7, 11) is 3.31. The molecule has 8 nitrogen and oxygen atoms in total. The molecule has 0 fully saturated rings. The molecule has 0 saturated carbocycles. The number of allylic oxidation sites excluding steroid dienone is 11. The number of rotatable bonds is 30. The summed E-state index contributed by atoms with van der Waals surface area (Å²) in [6, 6.07) is 0. The van der Waals surface area contributed by atoms with Crippen LogP contribution in [0.15, 0.2) is 72.9 Å². The molecule has 0 rings (SSSR count). The highest BCUT2D eigenvalue weighted by Crippen LogP contribution is 2.28. The predicted molar refractivity (Wildman–Crippen MR) is 223 cm³/mol. The van der Waals surface area contributed by atoms with Gasteiger partial charge in [0.25, 0.3) is 5.91 Å². The Morgan fingerprint density at radius 3 is 1.63 bits per heavy atom. The average Bonchev–Trinajstić information content (AvgIpc) is 3.05. The first kappa shape index (κ1) is 47.5. The number of halogens is 1. The minimum absolute atomic E-state index is 0.0170. The second-order valence-corrected chi connectivity index (χ2v) is 16.5. The van der Waals surface area contributed by atoms with E-state index in [4.69, 9.17) is 7.25 Å². The van der Waals surface area contributed by atoms with E-state index in [0.29, 0.717) is 31.4 Å². The third kappa shape index (κ3) is 31.0.